The number of ether oxygens (including phenoxy) is 1. The highest BCUT2D eigenvalue weighted by molar-refractivity contribution is 6.39. The Kier molecular flexibility index (Phi) is 7.12. The molecule has 1 N–H and O–H groups in total. The van der Waals surface area contributed by atoms with Crippen molar-refractivity contribution in [2.45, 2.75) is 25.9 Å². The molecule has 0 unspecified atom stereocenters. The molecule has 1 fully saturated rings. The maximum absolute atomic E-state index is 13.0. The van der Waals surface area contributed by atoms with Crippen molar-refractivity contribution in [3.05, 3.63) is 52.7 Å². The third-order valence-corrected chi connectivity index (χ3v) is 5.29. The zero-order valence-electron chi connectivity index (χ0n) is 17.7. The molecule has 0 saturated carbocycles. The van der Waals surface area contributed by atoms with E-state index in [0.29, 0.717) is 37.5 Å². The molecule has 164 valence electrons. The van der Waals surface area contributed by atoms with Gasteiger partial charge < -0.3 is 19.9 Å². The summed E-state index contributed by atoms with van der Waals surface area (Å²) < 4.78 is 5.94. The lowest BCUT2D eigenvalue weighted by Crippen LogP contribution is -2.42. The van der Waals surface area contributed by atoms with Crippen molar-refractivity contribution in [3.8, 4) is 5.88 Å². The average Bonchev–Trinajstić information content (AvgIpc) is 2.74. The van der Waals surface area contributed by atoms with Crippen LogP contribution in [-0.4, -0.2) is 65.8 Å². The lowest BCUT2D eigenvalue weighted by Gasteiger charge is -2.32. The molecule has 9 heteroatoms. The van der Waals surface area contributed by atoms with Crippen molar-refractivity contribution in [1.82, 2.24) is 14.8 Å². The maximum Gasteiger partial charge on any atom is 0.313 e. The first-order valence-corrected chi connectivity index (χ1v) is 10.3. The van der Waals surface area contributed by atoms with Crippen molar-refractivity contribution < 1.29 is 19.1 Å². The number of pyridine rings is 1. The molecule has 1 aliphatic heterocycles. The minimum atomic E-state index is -0.784. The first-order chi connectivity index (χ1) is 14.7. The number of anilines is 1. The van der Waals surface area contributed by atoms with Gasteiger partial charge in [-0.3, -0.25) is 14.4 Å². The second kappa shape index (κ2) is 9.78. The largest absolute Gasteiger partial charge is 0.474 e. The summed E-state index contributed by atoms with van der Waals surface area (Å²) in [5.74, 6) is -1.11. The lowest BCUT2D eigenvalue weighted by molar-refractivity contribution is -0.141. The number of hydrogen-bond acceptors (Lipinski definition) is 5. The topological polar surface area (TPSA) is 91.8 Å². The first kappa shape index (κ1) is 22.6. The fourth-order valence-corrected chi connectivity index (χ4v) is 3.44. The number of aromatic nitrogens is 1. The number of nitrogens with zero attached hydrogens (tertiary/aromatic N) is 3. The molecule has 8 nitrogen and oxygen atoms in total. The molecule has 31 heavy (non-hydrogen) atoms. The van der Waals surface area contributed by atoms with Crippen LogP contribution in [0.4, 0.5) is 5.69 Å². The van der Waals surface area contributed by atoms with Gasteiger partial charge in [-0.1, -0.05) is 11.6 Å². The van der Waals surface area contributed by atoms with Crippen LogP contribution in [0.15, 0.2) is 36.5 Å². The van der Waals surface area contributed by atoms with E-state index in [4.69, 9.17) is 16.3 Å². The van der Waals surface area contributed by atoms with Gasteiger partial charge in [-0.15, -0.1) is 0 Å². The normalized spacial score (nSPS) is 14.1. The Morgan fingerprint density at radius 3 is 2.52 bits per heavy atom. The molecule has 3 amide bonds. The number of carbonyl (C=O) groups is 3. The van der Waals surface area contributed by atoms with Gasteiger partial charge in [0.25, 0.3) is 5.91 Å². The van der Waals surface area contributed by atoms with Gasteiger partial charge in [0.2, 0.25) is 5.88 Å². The van der Waals surface area contributed by atoms with E-state index in [-0.39, 0.29) is 22.6 Å². The summed E-state index contributed by atoms with van der Waals surface area (Å²) in [5.41, 5.74) is 1.68. The van der Waals surface area contributed by atoms with E-state index in [1.165, 1.54) is 31.1 Å². The van der Waals surface area contributed by atoms with E-state index in [0.717, 1.165) is 5.56 Å². The average molecular weight is 445 g/mol. The molecule has 0 aliphatic carbocycles. The number of amides is 3. The summed E-state index contributed by atoms with van der Waals surface area (Å²) in [4.78, 5) is 43.9. The van der Waals surface area contributed by atoms with Crippen LogP contribution in [0, 0.1) is 6.92 Å². The van der Waals surface area contributed by atoms with Crippen LogP contribution in [-0.2, 0) is 9.59 Å². The number of likely N-dealkylation sites (tertiary alicyclic amines) is 1. The van der Waals surface area contributed by atoms with Gasteiger partial charge in [0.1, 0.15) is 6.10 Å². The summed E-state index contributed by atoms with van der Waals surface area (Å²) in [6.45, 7) is 3.01. The van der Waals surface area contributed by atoms with Crippen molar-refractivity contribution >= 4 is 35.0 Å². The number of carbonyl (C=O) groups excluding carboxylic acids is 3. The minimum Gasteiger partial charge on any atom is -0.474 e. The molecule has 1 saturated heterocycles. The molecule has 0 spiro atoms. The third-order valence-electron chi connectivity index (χ3n) is 4.96. The third kappa shape index (κ3) is 5.73. The highest BCUT2D eigenvalue weighted by atomic mass is 35.5. The number of hydrogen-bond donors (Lipinski definition) is 1. The molecule has 0 bridgehead atoms. The molecule has 2 aromatic rings. The van der Waals surface area contributed by atoms with E-state index in [9.17, 15) is 14.4 Å². The predicted octanol–water partition coefficient (Wildman–Crippen LogP) is 2.75. The Morgan fingerprint density at radius 1 is 1.16 bits per heavy atom. The highest BCUT2D eigenvalue weighted by Crippen LogP contribution is 2.25. The van der Waals surface area contributed by atoms with E-state index in [1.54, 1.807) is 17.2 Å². The number of aryl methyl sites for hydroxylation is 1. The Bertz CT molecular complexity index is 987. The fourth-order valence-electron chi connectivity index (χ4n) is 3.25. The van der Waals surface area contributed by atoms with Crippen molar-refractivity contribution in [2.24, 2.45) is 0 Å². The summed E-state index contributed by atoms with van der Waals surface area (Å²) in [6, 6.07) is 8.37. The van der Waals surface area contributed by atoms with Crippen LogP contribution in [0.2, 0.25) is 5.02 Å². The van der Waals surface area contributed by atoms with Crippen LogP contribution >= 0.6 is 11.6 Å². The van der Waals surface area contributed by atoms with Gasteiger partial charge in [-0.05, 0) is 36.8 Å². The molecule has 1 aliphatic rings. The monoisotopic (exact) mass is 444 g/mol. The summed E-state index contributed by atoms with van der Waals surface area (Å²) in [7, 11) is 2.97. The molecule has 3 rings (SSSR count). The zero-order valence-corrected chi connectivity index (χ0v) is 18.5. The fraction of sp³-hybridized carbons (Fsp3) is 0.364. The predicted molar refractivity (Wildman–Crippen MR) is 117 cm³/mol. The second-order valence-corrected chi connectivity index (χ2v) is 8.04. The number of benzene rings is 1. The van der Waals surface area contributed by atoms with E-state index in [2.05, 4.69) is 10.3 Å². The molecule has 1 aromatic heterocycles. The molecule has 0 radical (unpaired) electrons. The Morgan fingerprint density at radius 2 is 1.87 bits per heavy atom. The minimum absolute atomic E-state index is 0.0171. The van der Waals surface area contributed by atoms with Crippen LogP contribution in [0.3, 0.4) is 0 Å². The Balaban J connectivity index is 1.62. The molecule has 0 atom stereocenters. The van der Waals surface area contributed by atoms with Gasteiger partial charge >= 0.3 is 11.8 Å². The molecule has 2 heterocycles. The summed E-state index contributed by atoms with van der Waals surface area (Å²) >= 11 is 6.24. The van der Waals surface area contributed by atoms with Gasteiger partial charge in [-0.2, -0.15) is 0 Å². The van der Waals surface area contributed by atoms with Crippen LogP contribution in [0.5, 0.6) is 5.88 Å². The van der Waals surface area contributed by atoms with Gasteiger partial charge in [-0.25, -0.2) is 4.98 Å². The first-order valence-electron chi connectivity index (χ1n) is 9.95. The van der Waals surface area contributed by atoms with Crippen LogP contribution in [0.25, 0.3) is 0 Å². The van der Waals surface area contributed by atoms with Gasteiger partial charge in [0.05, 0.1) is 10.6 Å². The summed E-state index contributed by atoms with van der Waals surface area (Å²) in [6.07, 6.45) is 3.04. The lowest BCUT2D eigenvalue weighted by atomic mass is 10.1. The van der Waals surface area contributed by atoms with Gasteiger partial charge in [0, 0.05) is 58.0 Å². The van der Waals surface area contributed by atoms with Crippen molar-refractivity contribution in [3.63, 3.8) is 0 Å². The number of halogens is 1. The number of nitrogens with one attached hydrogen (secondary N) is 1. The number of rotatable bonds is 4. The molecular formula is C22H25ClN4O4. The highest BCUT2D eigenvalue weighted by Gasteiger charge is 2.26. The Hall–Kier alpha value is -3.13. The SMILES string of the molecule is Cc1ccnc(OC2CCN(C(=O)c3cc(NC(=O)C(=O)N(C)C)ccc3Cl)CC2)c1. The van der Waals surface area contributed by atoms with Crippen LogP contribution < -0.4 is 10.1 Å². The zero-order chi connectivity index (χ0) is 22.5. The Labute approximate surface area is 186 Å². The van der Waals surface area contributed by atoms with E-state index in [1.807, 2.05) is 19.1 Å². The smallest absolute Gasteiger partial charge is 0.313 e. The van der Waals surface area contributed by atoms with Crippen LogP contribution in [0.1, 0.15) is 28.8 Å². The molecule has 1 aromatic carbocycles. The quantitative estimate of drug-likeness (QED) is 0.732. The standard InChI is InChI=1S/C22H25ClN4O4/c1-14-6-9-24-19(12-14)31-16-7-10-27(11-8-16)21(29)17-13-15(4-5-18(17)23)25-20(28)22(30)26(2)3/h4-6,9,12-13,16H,7-8,10-11H2,1-3H3,(H,25,28). The second-order valence-electron chi connectivity index (χ2n) is 7.63. The molecular weight excluding hydrogens is 420 g/mol. The van der Waals surface area contributed by atoms with Crippen molar-refractivity contribution in [1.29, 1.82) is 0 Å². The van der Waals surface area contributed by atoms with Gasteiger partial charge in [0.15, 0.2) is 0 Å². The number of likely N-dealkylation sites (N-methyl/N-ethyl adjacent to an activating group) is 1. The van der Waals surface area contributed by atoms with Crippen molar-refractivity contribution in [2.75, 3.05) is 32.5 Å². The van der Waals surface area contributed by atoms with E-state index >= 15 is 0 Å². The number of piperidine rings is 1. The van der Waals surface area contributed by atoms with E-state index < -0.39 is 11.8 Å². The summed E-state index contributed by atoms with van der Waals surface area (Å²) in [5, 5.41) is 2.78. The maximum atomic E-state index is 13.0.